The van der Waals surface area contributed by atoms with Gasteiger partial charge in [-0.1, -0.05) is 6.07 Å². The molecule has 0 spiro atoms. The molecular formula is C21H21F3N2O4. The van der Waals surface area contributed by atoms with Gasteiger partial charge in [-0.05, 0) is 68.3 Å². The number of amides is 2. The highest BCUT2D eigenvalue weighted by molar-refractivity contribution is 5.97. The molecule has 0 saturated carbocycles. The van der Waals surface area contributed by atoms with E-state index in [-0.39, 0.29) is 5.69 Å². The van der Waals surface area contributed by atoms with Gasteiger partial charge in [-0.2, -0.15) is 13.2 Å². The van der Waals surface area contributed by atoms with Crippen molar-refractivity contribution in [2.45, 2.75) is 33.1 Å². The Morgan fingerprint density at radius 3 is 2.20 bits per heavy atom. The smallest absolute Gasteiger partial charge is 0.416 e. The van der Waals surface area contributed by atoms with Crippen LogP contribution in [0.2, 0.25) is 0 Å². The van der Waals surface area contributed by atoms with Crippen LogP contribution in [-0.2, 0) is 20.5 Å². The van der Waals surface area contributed by atoms with Gasteiger partial charge in [0.25, 0.3) is 11.8 Å². The van der Waals surface area contributed by atoms with Crippen LogP contribution in [0.3, 0.4) is 0 Å². The first kappa shape index (κ1) is 22.9. The van der Waals surface area contributed by atoms with Gasteiger partial charge in [-0.3, -0.25) is 14.4 Å². The third kappa shape index (κ3) is 6.33. The van der Waals surface area contributed by atoms with Crippen molar-refractivity contribution < 1.29 is 32.3 Å². The van der Waals surface area contributed by atoms with Gasteiger partial charge in [0.1, 0.15) is 6.54 Å². The summed E-state index contributed by atoms with van der Waals surface area (Å²) in [5.74, 6) is -2.01. The summed E-state index contributed by atoms with van der Waals surface area (Å²) < 4.78 is 42.6. The van der Waals surface area contributed by atoms with Gasteiger partial charge in [0, 0.05) is 11.3 Å². The molecule has 160 valence electrons. The monoisotopic (exact) mass is 422 g/mol. The van der Waals surface area contributed by atoms with E-state index in [4.69, 9.17) is 4.74 Å². The van der Waals surface area contributed by atoms with E-state index in [1.54, 1.807) is 18.2 Å². The Balaban J connectivity index is 1.83. The number of carbonyl (C=O) groups excluding carboxylic acids is 3. The lowest BCUT2D eigenvalue weighted by molar-refractivity contribution is -0.152. The standard InChI is InChI=1S/C21H21F3N2O4/c1-12-4-5-15(10-13(12)2)20(29)25-11-18(27)30-14(3)19(28)26-17-8-6-16(7-9-17)21(22,23)24/h4-10,14H,11H2,1-3H3,(H,25,29)(H,26,28). The highest BCUT2D eigenvalue weighted by Crippen LogP contribution is 2.29. The first-order chi connectivity index (χ1) is 14.0. The molecule has 0 bridgehead atoms. The second-order valence-electron chi connectivity index (χ2n) is 6.68. The van der Waals surface area contributed by atoms with E-state index in [0.29, 0.717) is 5.56 Å². The van der Waals surface area contributed by atoms with Crippen LogP contribution >= 0.6 is 0 Å². The van der Waals surface area contributed by atoms with Crippen LogP contribution in [0.4, 0.5) is 18.9 Å². The van der Waals surface area contributed by atoms with Crippen molar-refractivity contribution in [3.05, 3.63) is 64.7 Å². The molecule has 6 nitrogen and oxygen atoms in total. The van der Waals surface area contributed by atoms with Crippen LogP contribution in [0.15, 0.2) is 42.5 Å². The fraction of sp³-hybridized carbons (Fsp3) is 0.286. The van der Waals surface area contributed by atoms with Crippen molar-refractivity contribution in [1.82, 2.24) is 5.32 Å². The molecule has 0 aliphatic carbocycles. The molecule has 2 aromatic rings. The molecule has 0 radical (unpaired) electrons. The molecule has 0 fully saturated rings. The minimum atomic E-state index is -4.48. The number of nitrogens with one attached hydrogen (secondary N) is 2. The molecule has 0 aliphatic heterocycles. The van der Waals surface area contributed by atoms with Crippen LogP contribution in [0.1, 0.15) is 34.0 Å². The number of halogens is 3. The summed E-state index contributed by atoms with van der Waals surface area (Å²) in [5.41, 5.74) is 1.62. The largest absolute Gasteiger partial charge is 0.451 e. The number of carbonyl (C=O) groups is 3. The number of alkyl halides is 3. The normalized spacial score (nSPS) is 12.1. The van der Waals surface area contributed by atoms with E-state index in [0.717, 1.165) is 35.4 Å². The molecule has 9 heteroatoms. The molecule has 0 aliphatic rings. The number of hydrogen-bond acceptors (Lipinski definition) is 4. The van der Waals surface area contributed by atoms with Gasteiger partial charge >= 0.3 is 12.1 Å². The molecule has 1 atom stereocenters. The number of aryl methyl sites for hydroxylation is 2. The molecule has 2 N–H and O–H groups in total. The lowest BCUT2D eigenvalue weighted by Gasteiger charge is -2.14. The van der Waals surface area contributed by atoms with Gasteiger partial charge in [-0.25, -0.2) is 0 Å². The SMILES string of the molecule is Cc1ccc(C(=O)NCC(=O)OC(C)C(=O)Nc2ccc(C(F)(F)F)cc2)cc1C. The first-order valence-corrected chi connectivity index (χ1v) is 9.00. The Hall–Kier alpha value is -3.36. The number of benzene rings is 2. The average Bonchev–Trinajstić information content (AvgIpc) is 2.67. The van der Waals surface area contributed by atoms with Crippen LogP contribution in [0.5, 0.6) is 0 Å². The van der Waals surface area contributed by atoms with Crippen LogP contribution in [0, 0.1) is 13.8 Å². The van der Waals surface area contributed by atoms with Crippen molar-refractivity contribution in [1.29, 1.82) is 0 Å². The summed E-state index contributed by atoms with van der Waals surface area (Å²) >= 11 is 0. The zero-order chi connectivity index (χ0) is 22.5. The Labute approximate surface area is 171 Å². The highest BCUT2D eigenvalue weighted by Gasteiger charge is 2.30. The Morgan fingerprint density at radius 1 is 1.00 bits per heavy atom. The molecule has 1 unspecified atom stereocenters. The fourth-order valence-corrected chi connectivity index (χ4v) is 2.42. The summed E-state index contributed by atoms with van der Waals surface area (Å²) in [7, 11) is 0. The second kappa shape index (κ2) is 9.43. The summed E-state index contributed by atoms with van der Waals surface area (Å²) in [6.45, 7) is 4.63. The van der Waals surface area contributed by atoms with Gasteiger partial charge < -0.3 is 15.4 Å². The topological polar surface area (TPSA) is 84.5 Å². The Kier molecular flexibility index (Phi) is 7.20. The second-order valence-corrected chi connectivity index (χ2v) is 6.68. The van der Waals surface area contributed by atoms with E-state index in [1.165, 1.54) is 6.92 Å². The fourth-order valence-electron chi connectivity index (χ4n) is 2.42. The van der Waals surface area contributed by atoms with Gasteiger partial charge in [0.05, 0.1) is 5.56 Å². The minimum Gasteiger partial charge on any atom is -0.451 e. The predicted octanol–water partition coefficient (Wildman–Crippen LogP) is 3.62. The quantitative estimate of drug-likeness (QED) is 0.697. The van der Waals surface area contributed by atoms with Crippen molar-refractivity contribution in [3.63, 3.8) is 0 Å². The Morgan fingerprint density at radius 2 is 1.63 bits per heavy atom. The third-order valence-electron chi connectivity index (χ3n) is 4.32. The van der Waals surface area contributed by atoms with Crippen LogP contribution < -0.4 is 10.6 Å². The zero-order valence-corrected chi connectivity index (χ0v) is 16.6. The van der Waals surface area contributed by atoms with E-state index < -0.39 is 42.2 Å². The van der Waals surface area contributed by atoms with E-state index >= 15 is 0 Å². The maximum absolute atomic E-state index is 12.6. The molecule has 2 amide bonds. The van der Waals surface area contributed by atoms with Crippen molar-refractivity contribution in [3.8, 4) is 0 Å². The van der Waals surface area contributed by atoms with Gasteiger partial charge in [-0.15, -0.1) is 0 Å². The van der Waals surface area contributed by atoms with Crippen LogP contribution in [-0.4, -0.2) is 30.4 Å². The molecule has 0 aromatic heterocycles. The zero-order valence-electron chi connectivity index (χ0n) is 16.6. The maximum Gasteiger partial charge on any atom is 0.416 e. The van der Waals surface area contributed by atoms with E-state index in [2.05, 4.69) is 10.6 Å². The lowest BCUT2D eigenvalue weighted by Crippen LogP contribution is -2.35. The van der Waals surface area contributed by atoms with E-state index in [9.17, 15) is 27.6 Å². The maximum atomic E-state index is 12.6. The number of ether oxygens (including phenoxy) is 1. The summed E-state index contributed by atoms with van der Waals surface area (Å²) in [6.07, 6.45) is -5.69. The number of hydrogen-bond donors (Lipinski definition) is 2. The predicted molar refractivity (Wildman–Crippen MR) is 104 cm³/mol. The van der Waals surface area contributed by atoms with E-state index in [1.807, 2.05) is 13.8 Å². The highest BCUT2D eigenvalue weighted by atomic mass is 19.4. The average molecular weight is 422 g/mol. The number of esters is 1. The van der Waals surface area contributed by atoms with Crippen molar-refractivity contribution in [2.75, 3.05) is 11.9 Å². The summed E-state index contributed by atoms with van der Waals surface area (Å²) in [6, 6.07) is 8.96. The number of anilines is 1. The molecule has 0 saturated heterocycles. The molecule has 30 heavy (non-hydrogen) atoms. The molecule has 2 rings (SSSR count). The lowest BCUT2D eigenvalue weighted by atomic mass is 10.1. The van der Waals surface area contributed by atoms with Crippen LogP contribution in [0.25, 0.3) is 0 Å². The molecule has 0 heterocycles. The summed E-state index contributed by atoms with van der Waals surface area (Å²) in [4.78, 5) is 36.0. The first-order valence-electron chi connectivity index (χ1n) is 9.00. The van der Waals surface area contributed by atoms with Gasteiger partial charge in [0.15, 0.2) is 6.10 Å². The summed E-state index contributed by atoms with van der Waals surface area (Å²) in [5, 5.41) is 4.77. The molecule has 2 aromatic carbocycles. The number of rotatable bonds is 6. The minimum absolute atomic E-state index is 0.124. The Bertz CT molecular complexity index is 940. The van der Waals surface area contributed by atoms with Gasteiger partial charge in [0.2, 0.25) is 0 Å². The van der Waals surface area contributed by atoms with Crippen molar-refractivity contribution in [2.24, 2.45) is 0 Å². The van der Waals surface area contributed by atoms with Crippen molar-refractivity contribution >= 4 is 23.5 Å². The third-order valence-corrected chi connectivity index (χ3v) is 4.32. The molecular weight excluding hydrogens is 401 g/mol.